The molecule has 17 aromatic carbocycles. The van der Waals surface area contributed by atoms with E-state index < -0.39 is 0 Å². The topological polar surface area (TPSA) is 22.9 Å². The molecular formula is C102H73N3O. The van der Waals surface area contributed by atoms with E-state index in [1.54, 1.807) is 0 Å². The molecule has 0 saturated heterocycles. The molecule has 18 rings (SSSR count). The molecule has 0 N–H and O–H groups in total. The molecule has 18 aromatic rings. The van der Waals surface area contributed by atoms with Crippen LogP contribution < -0.4 is 14.7 Å². The average molecular weight is 1360 g/mol. The quantitative estimate of drug-likeness (QED) is 0.0906. The van der Waals surface area contributed by atoms with E-state index in [2.05, 4.69) is 445 Å². The van der Waals surface area contributed by atoms with Crippen LogP contribution in [-0.2, 0) is 0 Å². The standard InChI is InChI=1S/C60H44N2.C42H29NO/c1-5-13-45(14-6-1)49-21-33-55(34-22-49)61(56-35-23-50(24-36-56)46-15-7-2-8-16-46)59-41-29-53(30-42-59)54-31-43-60(44-32-54)62(57-37-25-51(26-38-57)47-17-9-3-10-18-47)58-39-27-52(28-40-58)48-19-11-4-12-20-48;1-3-10-30(11-4-1)32-18-24-35(25-19-32)43(36-26-20-33(21-27-36)31-12-5-2-6-13-31)37-28-22-34(23-29-37)38-15-9-16-40-39-14-7-8-17-41(39)44-42(38)40/h1-44H;1-29H. The predicted molar refractivity (Wildman–Crippen MR) is 448 cm³/mol. The highest BCUT2D eigenvalue weighted by Crippen LogP contribution is 2.44. The summed E-state index contributed by atoms with van der Waals surface area (Å²) in [6.07, 6.45) is 0. The molecule has 0 unspecified atom stereocenters. The summed E-state index contributed by atoms with van der Waals surface area (Å²) in [7, 11) is 0. The smallest absolute Gasteiger partial charge is 0.143 e. The monoisotopic (exact) mass is 1360 g/mol. The first kappa shape index (κ1) is 65.3. The van der Waals surface area contributed by atoms with Crippen LogP contribution in [0.15, 0.2) is 447 Å². The van der Waals surface area contributed by atoms with Crippen LogP contribution >= 0.6 is 0 Å². The second-order valence-corrected chi connectivity index (χ2v) is 26.4. The first-order valence-corrected chi connectivity index (χ1v) is 36.1. The second-order valence-electron chi connectivity index (χ2n) is 26.4. The third kappa shape index (κ3) is 14.1. The summed E-state index contributed by atoms with van der Waals surface area (Å²) in [5.74, 6) is 0. The van der Waals surface area contributed by atoms with E-state index in [0.29, 0.717) is 0 Å². The van der Waals surface area contributed by atoms with Crippen LogP contribution in [0.5, 0.6) is 0 Å². The van der Waals surface area contributed by atoms with Gasteiger partial charge in [-0.3, -0.25) is 0 Å². The molecule has 0 spiro atoms. The molecule has 502 valence electrons. The fourth-order valence-electron chi connectivity index (χ4n) is 14.3. The molecular weight excluding hydrogens is 1280 g/mol. The minimum absolute atomic E-state index is 0.913. The zero-order chi connectivity index (χ0) is 70.8. The van der Waals surface area contributed by atoms with Crippen LogP contribution in [0.25, 0.3) is 111 Å². The molecule has 4 heteroatoms. The lowest BCUT2D eigenvalue weighted by Gasteiger charge is -2.27. The van der Waals surface area contributed by atoms with E-state index in [4.69, 9.17) is 4.42 Å². The van der Waals surface area contributed by atoms with Crippen molar-refractivity contribution >= 4 is 73.1 Å². The van der Waals surface area contributed by atoms with Gasteiger partial charge in [-0.1, -0.05) is 328 Å². The number of hydrogen-bond acceptors (Lipinski definition) is 4. The number of anilines is 9. The maximum absolute atomic E-state index is 6.34. The normalized spacial score (nSPS) is 11.0. The van der Waals surface area contributed by atoms with Crippen molar-refractivity contribution in [2.45, 2.75) is 0 Å². The largest absolute Gasteiger partial charge is 0.455 e. The van der Waals surface area contributed by atoms with E-state index >= 15 is 0 Å². The number of benzene rings is 17. The first-order chi connectivity index (χ1) is 52.5. The molecule has 0 aliphatic heterocycles. The van der Waals surface area contributed by atoms with Gasteiger partial charge in [-0.15, -0.1) is 0 Å². The molecule has 0 bridgehead atoms. The molecule has 0 aliphatic carbocycles. The highest BCUT2D eigenvalue weighted by atomic mass is 16.3. The molecule has 0 saturated carbocycles. The van der Waals surface area contributed by atoms with Gasteiger partial charge in [0, 0.05) is 67.5 Å². The predicted octanol–water partition coefficient (Wildman–Crippen LogP) is 29.0. The maximum Gasteiger partial charge on any atom is 0.143 e. The van der Waals surface area contributed by atoms with Gasteiger partial charge < -0.3 is 19.1 Å². The minimum atomic E-state index is 0.913. The Morgan fingerprint density at radius 1 is 0.132 bits per heavy atom. The van der Waals surface area contributed by atoms with Gasteiger partial charge in [0.25, 0.3) is 0 Å². The van der Waals surface area contributed by atoms with Gasteiger partial charge in [0.1, 0.15) is 11.2 Å². The van der Waals surface area contributed by atoms with E-state index in [0.717, 1.165) is 95.4 Å². The van der Waals surface area contributed by atoms with Crippen LogP contribution in [0.1, 0.15) is 0 Å². The van der Waals surface area contributed by atoms with Crippen molar-refractivity contribution in [2.24, 2.45) is 0 Å². The van der Waals surface area contributed by atoms with Crippen molar-refractivity contribution < 1.29 is 4.42 Å². The Morgan fingerprint density at radius 3 is 0.538 bits per heavy atom. The van der Waals surface area contributed by atoms with E-state index in [9.17, 15) is 0 Å². The average Bonchev–Trinajstić information content (AvgIpc) is 1.71. The Kier molecular flexibility index (Phi) is 18.6. The molecule has 0 fully saturated rings. The molecule has 0 aliphatic rings. The zero-order valence-corrected chi connectivity index (χ0v) is 58.4. The lowest BCUT2D eigenvalue weighted by Crippen LogP contribution is -2.10. The molecule has 106 heavy (non-hydrogen) atoms. The van der Waals surface area contributed by atoms with Crippen molar-refractivity contribution in [1.29, 1.82) is 0 Å². The molecule has 0 radical (unpaired) electrons. The summed E-state index contributed by atoms with van der Waals surface area (Å²) in [6, 6.07) is 158. The van der Waals surface area contributed by atoms with Gasteiger partial charge in [-0.2, -0.15) is 0 Å². The molecule has 0 amide bonds. The SMILES string of the molecule is c1ccc(-c2ccc(N(c3ccc(-c4ccccc4)cc3)c3ccc(-c4ccc(N(c5ccc(-c6ccccc6)cc5)c5ccc(-c6ccccc6)cc5)cc4)cc3)cc2)cc1.c1ccc(-c2ccc(N(c3ccc(-c4ccccc4)cc3)c3ccc(-c4cccc5c4oc4ccccc45)cc3)cc2)cc1. The zero-order valence-electron chi connectivity index (χ0n) is 58.4. The number of fused-ring (bicyclic) bond motifs is 3. The van der Waals surface area contributed by atoms with E-state index in [-0.39, 0.29) is 0 Å². The van der Waals surface area contributed by atoms with E-state index in [1.807, 2.05) is 12.1 Å². The Bertz CT molecular complexity index is 5420. The number of rotatable bonds is 17. The van der Waals surface area contributed by atoms with E-state index in [1.165, 1.54) is 66.8 Å². The van der Waals surface area contributed by atoms with Crippen molar-refractivity contribution in [3.8, 4) is 89.0 Å². The fourth-order valence-corrected chi connectivity index (χ4v) is 14.3. The van der Waals surface area contributed by atoms with Crippen LogP contribution in [0.2, 0.25) is 0 Å². The van der Waals surface area contributed by atoms with Crippen molar-refractivity contribution in [1.82, 2.24) is 0 Å². The highest BCUT2D eigenvalue weighted by Gasteiger charge is 2.20. The second kappa shape index (κ2) is 30.3. The molecule has 0 atom stereocenters. The Balaban J connectivity index is 0.000000165. The summed E-state index contributed by atoms with van der Waals surface area (Å²) >= 11 is 0. The summed E-state index contributed by atoms with van der Waals surface area (Å²) in [6.45, 7) is 0. The molecule has 1 aromatic heterocycles. The molecule has 1 heterocycles. The third-order valence-corrected chi connectivity index (χ3v) is 19.8. The Hall–Kier alpha value is -14.1. The van der Waals surface area contributed by atoms with Gasteiger partial charge >= 0.3 is 0 Å². The van der Waals surface area contributed by atoms with Gasteiger partial charge in [-0.25, -0.2) is 0 Å². The van der Waals surface area contributed by atoms with Crippen molar-refractivity contribution in [3.63, 3.8) is 0 Å². The van der Waals surface area contributed by atoms with Gasteiger partial charge in [0.2, 0.25) is 0 Å². The number of para-hydroxylation sites is 2. The summed E-state index contributed by atoms with van der Waals surface area (Å²) in [5.41, 5.74) is 30.7. The number of nitrogens with zero attached hydrogens (tertiary/aromatic N) is 3. The van der Waals surface area contributed by atoms with Crippen molar-refractivity contribution in [2.75, 3.05) is 14.7 Å². The van der Waals surface area contributed by atoms with Gasteiger partial charge in [0.05, 0.1) is 0 Å². The third-order valence-electron chi connectivity index (χ3n) is 19.8. The van der Waals surface area contributed by atoms with Gasteiger partial charge in [-0.05, 0) is 199 Å². The Labute approximate surface area is 620 Å². The summed E-state index contributed by atoms with van der Waals surface area (Å²) < 4.78 is 6.34. The van der Waals surface area contributed by atoms with Crippen LogP contribution in [0.3, 0.4) is 0 Å². The van der Waals surface area contributed by atoms with Crippen LogP contribution in [-0.4, -0.2) is 0 Å². The molecule has 4 nitrogen and oxygen atoms in total. The lowest BCUT2D eigenvalue weighted by molar-refractivity contribution is 0.670. The van der Waals surface area contributed by atoms with Crippen molar-refractivity contribution in [3.05, 3.63) is 443 Å². The summed E-state index contributed by atoms with van der Waals surface area (Å²) in [5, 5.41) is 2.28. The lowest BCUT2D eigenvalue weighted by atomic mass is 10.0. The number of furan rings is 1. The van der Waals surface area contributed by atoms with Crippen LogP contribution in [0.4, 0.5) is 51.2 Å². The highest BCUT2D eigenvalue weighted by molar-refractivity contribution is 6.09. The maximum atomic E-state index is 6.34. The summed E-state index contributed by atoms with van der Waals surface area (Å²) in [4.78, 5) is 6.98. The first-order valence-electron chi connectivity index (χ1n) is 36.1. The number of hydrogen-bond donors (Lipinski definition) is 0. The minimum Gasteiger partial charge on any atom is -0.455 e. The van der Waals surface area contributed by atoms with Gasteiger partial charge in [0.15, 0.2) is 0 Å². The fraction of sp³-hybridized carbons (Fsp3) is 0. The van der Waals surface area contributed by atoms with Crippen LogP contribution in [0, 0.1) is 0 Å². The Morgan fingerprint density at radius 2 is 0.311 bits per heavy atom.